The smallest absolute Gasteiger partial charge is 0.221 e. The molecule has 1 aromatic rings. The molecule has 0 unspecified atom stereocenters. The van der Waals surface area contributed by atoms with Crippen LogP contribution in [-0.2, 0) is 0 Å². The number of alkyl halides is 1. The lowest BCUT2D eigenvalue weighted by atomic mass is 10.1. The predicted octanol–water partition coefficient (Wildman–Crippen LogP) is 3.42. The molecule has 108 valence electrons. The second-order valence-corrected chi connectivity index (χ2v) is 4.79. The molecular formula is C14H24ClN3O. The molecule has 0 atom stereocenters. The monoisotopic (exact) mass is 285 g/mol. The molecule has 0 N–H and O–H groups in total. The van der Waals surface area contributed by atoms with Crippen LogP contribution in [0.3, 0.4) is 0 Å². The van der Waals surface area contributed by atoms with Gasteiger partial charge in [0.25, 0.3) is 0 Å². The molecule has 4 nitrogen and oxygen atoms in total. The molecule has 1 rings (SSSR count). The van der Waals surface area contributed by atoms with Crippen molar-refractivity contribution in [2.75, 3.05) is 23.9 Å². The zero-order valence-electron chi connectivity index (χ0n) is 12.3. The van der Waals surface area contributed by atoms with Gasteiger partial charge in [-0.05, 0) is 26.7 Å². The Balaban J connectivity index is 3.11. The van der Waals surface area contributed by atoms with E-state index in [1.807, 2.05) is 13.8 Å². The fourth-order valence-corrected chi connectivity index (χ4v) is 2.46. The number of anilines is 1. The van der Waals surface area contributed by atoms with Gasteiger partial charge in [0.1, 0.15) is 12.1 Å². The summed E-state index contributed by atoms with van der Waals surface area (Å²) in [5.74, 6) is 2.19. The van der Waals surface area contributed by atoms with E-state index in [0.717, 1.165) is 30.8 Å². The highest BCUT2D eigenvalue weighted by Crippen LogP contribution is 2.27. The van der Waals surface area contributed by atoms with E-state index in [2.05, 4.69) is 28.7 Å². The van der Waals surface area contributed by atoms with E-state index in [1.54, 1.807) is 6.33 Å². The third kappa shape index (κ3) is 3.96. The Labute approximate surface area is 121 Å². The minimum absolute atomic E-state index is 0.446. The lowest BCUT2D eigenvalue weighted by molar-refractivity contribution is 0.323. The number of nitrogens with zero attached hydrogens (tertiary/aromatic N) is 3. The first-order valence-corrected chi connectivity index (χ1v) is 7.49. The number of aromatic nitrogens is 2. The van der Waals surface area contributed by atoms with Gasteiger partial charge >= 0.3 is 0 Å². The molecule has 0 saturated carbocycles. The Bertz CT molecular complexity index is 383. The van der Waals surface area contributed by atoms with Crippen molar-refractivity contribution in [1.82, 2.24) is 9.97 Å². The highest BCUT2D eigenvalue weighted by atomic mass is 35.5. The second-order valence-electron chi connectivity index (χ2n) is 4.41. The zero-order valence-corrected chi connectivity index (χ0v) is 13.1. The van der Waals surface area contributed by atoms with Crippen LogP contribution in [0.25, 0.3) is 0 Å². The molecule has 0 saturated heterocycles. The first-order valence-electron chi connectivity index (χ1n) is 6.96. The summed E-state index contributed by atoms with van der Waals surface area (Å²) in [4.78, 5) is 10.9. The summed E-state index contributed by atoms with van der Waals surface area (Å²) in [5.41, 5.74) is 0.987. The van der Waals surface area contributed by atoms with Crippen LogP contribution in [0.2, 0.25) is 0 Å². The summed E-state index contributed by atoms with van der Waals surface area (Å²) in [7, 11) is 0. The van der Waals surface area contributed by atoms with E-state index in [4.69, 9.17) is 16.3 Å². The standard InChI is InChI=1S/C14H24ClN3O/c1-5-12(6-2)18(9-8-15)13-11(4)14(19-7-3)17-10-16-13/h10,12H,5-9H2,1-4H3. The summed E-state index contributed by atoms with van der Waals surface area (Å²) in [6.07, 6.45) is 3.71. The average Bonchev–Trinajstić information content (AvgIpc) is 2.42. The van der Waals surface area contributed by atoms with E-state index >= 15 is 0 Å². The van der Waals surface area contributed by atoms with Crippen LogP contribution in [0.4, 0.5) is 5.82 Å². The molecule has 0 aliphatic rings. The van der Waals surface area contributed by atoms with Crippen LogP contribution in [0.1, 0.15) is 39.2 Å². The molecule has 1 aromatic heterocycles. The van der Waals surface area contributed by atoms with Gasteiger partial charge < -0.3 is 9.64 Å². The van der Waals surface area contributed by atoms with Crippen molar-refractivity contribution in [2.45, 2.75) is 46.6 Å². The van der Waals surface area contributed by atoms with Gasteiger partial charge in [0.2, 0.25) is 5.88 Å². The van der Waals surface area contributed by atoms with Gasteiger partial charge in [0.15, 0.2) is 0 Å². The van der Waals surface area contributed by atoms with Gasteiger partial charge in [0.05, 0.1) is 12.2 Å². The van der Waals surface area contributed by atoms with Crippen LogP contribution in [0, 0.1) is 6.92 Å². The molecule has 1 heterocycles. The van der Waals surface area contributed by atoms with Crippen molar-refractivity contribution in [3.05, 3.63) is 11.9 Å². The lowest BCUT2D eigenvalue weighted by Gasteiger charge is -2.32. The molecule has 0 aromatic carbocycles. The molecular weight excluding hydrogens is 262 g/mol. The summed E-state index contributed by atoms with van der Waals surface area (Å²) in [5, 5.41) is 0. The minimum atomic E-state index is 0.446. The number of rotatable bonds is 8. The van der Waals surface area contributed by atoms with Gasteiger partial charge in [0, 0.05) is 18.5 Å². The Hall–Kier alpha value is -1.03. The van der Waals surface area contributed by atoms with E-state index in [1.165, 1.54) is 0 Å². The highest BCUT2D eigenvalue weighted by molar-refractivity contribution is 6.18. The summed E-state index contributed by atoms with van der Waals surface area (Å²) in [6, 6.07) is 0.446. The van der Waals surface area contributed by atoms with E-state index in [9.17, 15) is 0 Å². The summed E-state index contributed by atoms with van der Waals surface area (Å²) in [6.45, 7) is 9.74. The first-order chi connectivity index (χ1) is 9.19. The van der Waals surface area contributed by atoms with Crippen molar-refractivity contribution < 1.29 is 4.74 Å². The number of hydrogen-bond donors (Lipinski definition) is 0. The van der Waals surface area contributed by atoms with Gasteiger partial charge in [-0.2, -0.15) is 0 Å². The lowest BCUT2D eigenvalue weighted by Crippen LogP contribution is -2.37. The molecule has 0 radical (unpaired) electrons. The molecule has 0 spiro atoms. The van der Waals surface area contributed by atoms with E-state index < -0.39 is 0 Å². The highest BCUT2D eigenvalue weighted by Gasteiger charge is 2.20. The maximum absolute atomic E-state index is 5.94. The van der Waals surface area contributed by atoms with Crippen molar-refractivity contribution in [3.63, 3.8) is 0 Å². The first kappa shape index (κ1) is 16.0. The van der Waals surface area contributed by atoms with Crippen LogP contribution in [-0.4, -0.2) is 35.0 Å². The van der Waals surface area contributed by atoms with Crippen LogP contribution < -0.4 is 9.64 Å². The van der Waals surface area contributed by atoms with Gasteiger partial charge in [-0.3, -0.25) is 0 Å². The third-order valence-electron chi connectivity index (χ3n) is 3.27. The Morgan fingerprint density at radius 1 is 1.26 bits per heavy atom. The average molecular weight is 286 g/mol. The fraction of sp³-hybridized carbons (Fsp3) is 0.714. The van der Waals surface area contributed by atoms with Crippen LogP contribution in [0.5, 0.6) is 5.88 Å². The Morgan fingerprint density at radius 2 is 1.95 bits per heavy atom. The number of ether oxygens (including phenoxy) is 1. The number of hydrogen-bond acceptors (Lipinski definition) is 4. The second kappa shape index (κ2) is 8.20. The molecule has 0 aliphatic heterocycles. The van der Waals surface area contributed by atoms with E-state index in [0.29, 0.717) is 24.4 Å². The van der Waals surface area contributed by atoms with Crippen molar-refractivity contribution in [2.24, 2.45) is 0 Å². The Kier molecular flexibility index (Phi) is 6.92. The molecule has 0 bridgehead atoms. The van der Waals surface area contributed by atoms with Gasteiger partial charge in [-0.15, -0.1) is 11.6 Å². The van der Waals surface area contributed by atoms with Gasteiger partial charge in [-0.1, -0.05) is 13.8 Å². The minimum Gasteiger partial charge on any atom is -0.478 e. The SMILES string of the molecule is CCOc1ncnc(N(CCCl)C(CC)CC)c1C. The molecule has 5 heteroatoms. The molecule has 0 aliphatic carbocycles. The zero-order chi connectivity index (χ0) is 14.3. The Morgan fingerprint density at radius 3 is 2.47 bits per heavy atom. The summed E-state index contributed by atoms with van der Waals surface area (Å²) >= 11 is 5.94. The fourth-order valence-electron chi connectivity index (χ4n) is 2.28. The maximum Gasteiger partial charge on any atom is 0.221 e. The van der Waals surface area contributed by atoms with E-state index in [-0.39, 0.29) is 0 Å². The topological polar surface area (TPSA) is 38.3 Å². The molecule has 0 amide bonds. The van der Waals surface area contributed by atoms with Crippen LogP contribution in [0.15, 0.2) is 6.33 Å². The normalized spacial score (nSPS) is 10.8. The van der Waals surface area contributed by atoms with Crippen LogP contribution >= 0.6 is 11.6 Å². The van der Waals surface area contributed by atoms with Crippen molar-refractivity contribution in [3.8, 4) is 5.88 Å². The number of halogens is 1. The molecule has 0 fully saturated rings. The largest absolute Gasteiger partial charge is 0.478 e. The predicted molar refractivity (Wildman–Crippen MR) is 80.4 cm³/mol. The molecule has 19 heavy (non-hydrogen) atoms. The van der Waals surface area contributed by atoms with Crippen molar-refractivity contribution in [1.29, 1.82) is 0 Å². The maximum atomic E-state index is 5.94. The quantitative estimate of drug-likeness (QED) is 0.686. The summed E-state index contributed by atoms with van der Waals surface area (Å²) < 4.78 is 5.54. The third-order valence-corrected chi connectivity index (χ3v) is 3.44. The van der Waals surface area contributed by atoms with Gasteiger partial charge in [-0.25, -0.2) is 9.97 Å². The van der Waals surface area contributed by atoms with Crippen molar-refractivity contribution >= 4 is 17.4 Å².